The minimum Gasteiger partial charge on any atom is -0.404 e. The largest absolute Gasteiger partial charge is 0.573 e. The zero-order valence-corrected chi connectivity index (χ0v) is 14.8. The standard InChI is InChI=1S/C16H19F3N4OS/c1-15(2,3)12-9-25-13(23-12)8-21-14(20)22-10-6-4-5-7-11(10)24-16(17,18)19/h4-7,9H,8H2,1-3H3,(H3,20,21,22). The number of anilines is 1. The van der Waals surface area contributed by atoms with Crippen LogP contribution in [0.4, 0.5) is 18.9 Å². The van der Waals surface area contributed by atoms with Gasteiger partial charge in [0.25, 0.3) is 0 Å². The van der Waals surface area contributed by atoms with Gasteiger partial charge >= 0.3 is 6.36 Å². The van der Waals surface area contributed by atoms with Crippen LogP contribution in [0.5, 0.6) is 5.75 Å². The molecule has 0 spiro atoms. The van der Waals surface area contributed by atoms with Crippen LogP contribution in [0.3, 0.4) is 0 Å². The van der Waals surface area contributed by atoms with E-state index in [1.165, 1.54) is 29.5 Å². The van der Waals surface area contributed by atoms with Gasteiger partial charge in [-0.05, 0) is 12.1 Å². The maximum atomic E-state index is 12.4. The fraction of sp³-hybridized carbons (Fsp3) is 0.375. The van der Waals surface area contributed by atoms with Gasteiger partial charge in [0.15, 0.2) is 11.7 Å². The molecule has 0 bridgehead atoms. The SMILES string of the molecule is CC(C)(C)c1csc(CN=C(N)Nc2ccccc2OC(F)(F)F)n1. The van der Waals surface area contributed by atoms with Crippen molar-refractivity contribution in [3.8, 4) is 5.75 Å². The first-order valence-corrected chi connectivity index (χ1v) is 8.29. The Morgan fingerprint density at radius 1 is 1.28 bits per heavy atom. The maximum absolute atomic E-state index is 12.4. The average Bonchev–Trinajstić information content (AvgIpc) is 2.95. The summed E-state index contributed by atoms with van der Waals surface area (Å²) in [5.74, 6) is -0.400. The van der Waals surface area contributed by atoms with Gasteiger partial charge in [-0.1, -0.05) is 32.9 Å². The summed E-state index contributed by atoms with van der Waals surface area (Å²) in [7, 11) is 0. The Kier molecular flexibility index (Phi) is 5.56. The van der Waals surface area contributed by atoms with E-state index in [1.54, 1.807) is 6.07 Å². The second kappa shape index (κ2) is 7.30. The molecule has 0 amide bonds. The predicted octanol–water partition coefficient (Wildman–Crippen LogP) is 4.27. The van der Waals surface area contributed by atoms with Crippen molar-refractivity contribution in [1.82, 2.24) is 4.98 Å². The molecule has 0 aliphatic rings. The number of halogens is 3. The van der Waals surface area contributed by atoms with Crippen LogP contribution >= 0.6 is 11.3 Å². The molecule has 2 aromatic rings. The molecule has 5 nitrogen and oxygen atoms in total. The smallest absolute Gasteiger partial charge is 0.404 e. The fourth-order valence-corrected chi connectivity index (χ4v) is 2.79. The number of nitrogens with zero attached hydrogens (tertiary/aromatic N) is 2. The van der Waals surface area contributed by atoms with Gasteiger partial charge in [0.2, 0.25) is 0 Å². The van der Waals surface area contributed by atoms with E-state index in [0.29, 0.717) is 0 Å². The van der Waals surface area contributed by atoms with Crippen molar-refractivity contribution in [3.63, 3.8) is 0 Å². The van der Waals surface area contributed by atoms with Crippen molar-refractivity contribution in [2.75, 3.05) is 5.32 Å². The number of nitrogens with one attached hydrogen (secondary N) is 1. The third-order valence-corrected chi connectivity index (χ3v) is 3.91. The molecule has 3 N–H and O–H groups in total. The van der Waals surface area contributed by atoms with Crippen LogP contribution in [-0.2, 0) is 12.0 Å². The third kappa shape index (κ3) is 5.93. The molecule has 0 aliphatic carbocycles. The zero-order valence-electron chi connectivity index (χ0n) is 14.0. The highest BCUT2D eigenvalue weighted by atomic mass is 32.1. The second-order valence-electron chi connectivity index (χ2n) is 6.25. The van der Waals surface area contributed by atoms with Crippen LogP contribution in [0.25, 0.3) is 0 Å². The molecule has 0 unspecified atom stereocenters. The Morgan fingerprint density at radius 2 is 1.96 bits per heavy atom. The second-order valence-corrected chi connectivity index (χ2v) is 7.19. The number of para-hydroxylation sites is 2. The number of guanidine groups is 1. The van der Waals surface area contributed by atoms with Crippen molar-refractivity contribution in [1.29, 1.82) is 0 Å². The predicted molar refractivity (Wildman–Crippen MR) is 92.9 cm³/mol. The normalized spacial score (nSPS) is 13.0. The monoisotopic (exact) mass is 372 g/mol. The summed E-state index contributed by atoms with van der Waals surface area (Å²) in [4.78, 5) is 8.60. The molecule has 0 fully saturated rings. The zero-order chi connectivity index (χ0) is 18.7. The number of hydrogen-bond donors (Lipinski definition) is 2. The molecular weight excluding hydrogens is 353 g/mol. The molecule has 1 aromatic carbocycles. The molecule has 0 saturated carbocycles. The van der Waals surface area contributed by atoms with Crippen molar-refractivity contribution < 1.29 is 17.9 Å². The van der Waals surface area contributed by atoms with Gasteiger partial charge < -0.3 is 15.8 Å². The highest BCUT2D eigenvalue weighted by Gasteiger charge is 2.32. The van der Waals surface area contributed by atoms with Crippen LogP contribution in [0, 0.1) is 0 Å². The van der Waals surface area contributed by atoms with E-state index in [0.717, 1.165) is 10.7 Å². The number of rotatable bonds is 4. The lowest BCUT2D eigenvalue weighted by atomic mass is 9.93. The number of benzene rings is 1. The van der Waals surface area contributed by atoms with Crippen LogP contribution in [-0.4, -0.2) is 17.3 Å². The molecule has 0 atom stereocenters. The molecule has 0 aliphatic heterocycles. The Hall–Kier alpha value is -2.29. The number of ether oxygens (including phenoxy) is 1. The first-order valence-electron chi connectivity index (χ1n) is 7.41. The lowest BCUT2D eigenvalue weighted by Gasteiger charge is -2.14. The summed E-state index contributed by atoms with van der Waals surface area (Å²) in [6.45, 7) is 6.41. The van der Waals surface area contributed by atoms with Crippen molar-refractivity contribution in [2.24, 2.45) is 10.7 Å². The quantitative estimate of drug-likeness (QED) is 0.621. The van der Waals surface area contributed by atoms with Gasteiger partial charge in [-0.3, -0.25) is 0 Å². The Morgan fingerprint density at radius 3 is 2.56 bits per heavy atom. The van der Waals surface area contributed by atoms with Gasteiger partial charge in [-0.25, -0.2) is 9.98 Å². The lowest BCUT2D eigenvalue weighted by Crippen LogP contribution is -2.24. The van der Waals surface area contributed by atoms with E-state index < -0.39 is 6.36 Å². The summed E-state index contributed by atoms with van der Waals surface area (Å²) in [6.07, 6.45) is -4.78. The number of aliphatic imine (C=N–C) groups is 1. The molecule has 9 heteroatoms. The summed E-state index contributed by atoms with van der Waals surface area (Å²) in [5, 5.41) is 5.35. The first kappa shape index (κ1) is 19.0. The molecule has 1 aromatic heterocycles. The Balaban J connectivity index is 2.06. The van der Waals surface area contributed by atoms with Crippen molar-refractivity contribution in [3.05, 3.63) is 40.3 Å². The summed E-state index contributed by atoms with van der Waals surface area (Å²) in [5.41, 5.74) is 6.73. The maximum Gasteiger partial charge on any atom is 0.573 e. The molecule has 136 valence electrons. The van der Waals surface area contributed by atoms with Gasteiger partial charge in [0.1, 0.15) is 5.01 Å². The number of alkyl halides is 3. The Labute approximate surface area is 147 Å². The lowest BCUT2D eigenvalue weighted by molar-refractivity contribution is -0.274. The van der Waals surface area contributed by atoms with Gasteiger partial charge in [0, 0.05) is 10.8 Å². The van der Waals surface area contributed by atoms with Gasteiger partial charge in [-0.15, -0.1) is 24.5 Å². The van der Waals surface area contributed by atoms with Crippen LogP contribution in [0.2, 0.25) is 0 Å². The minimum atomic E-state index is -4.78. The fourth-order valence-electron chi connectivity index (χ4n) is 1.84. The molecular formula is C16H19F3N4OS. The molecule has 1 heterocycles. The third-order valence-electron chi connectivity index (χ3n) is 3.08. The first-order chi connectivity index (χ1) is 11.5. The van der Waals surface area contributed by atoms with Crippen LogP contribution < -0.4 is 15.8 Å². The van der Waals surface area contributed by atoms with E-state index in [1.807, 2.05) is 5.38 Å². The average molecular weight is 372 g/mol. The number of aromatic nitrogens is 1. The van der Waals surface area contributed by atoms with E-state index in [2.05, 4.69) is 40.8 Å². The summed E-state index contributed by atoms with van der Waals surface area (Å²) < 4.78 is 41.2. The molecule has 0 radical (unpaired) electrons. The number of nitrogens with two attached hydrogens (primary N) is 1. The number of hydrogen-bond acceptors (Lipinski definition) is 4. The van der Waals surface area contributed by atoms with E-state index in [9.17, 15) is 13.2 Å². The van der Waals surface area contributed by atoms with Crippen molar-refractivity contribution >= 4 is 23.0 Å². The topological polar surface area (TPSA) is 72.5 Å². The van der Waals surface area contributed by atoms with Gasteiger partial charge in [0.05, 0.1) is 17.9 Å². The van der Waals surface area contributed by atoms with E-state index in [4.69, 9.17) is 5.73 Å². The number of thiazole rings is 1. The van der Waals surface area contributed by atoms with Crippen molar-refractivity contribution in [2.45, 2.75) is 39.1 Å². The van der Waals surface area contributed by atoms with E-state index >= 15 is 0 Å². The summed E-state index contributed by atoms with van der Waals surface area (Å²) in [6, 6.07) is 5.61. The van der Waals surface area contributed by atoms with Crippen LogP contribution in [0.15, 0.2) is 34.6 Å². The molecule has 25 heavy (non-hydrogen) atoms. The minimum absolute atomic E-state index is 0.0225. The van der Waals surface area contributed by atoms with E-state index in [-0.39, 0.29) is 29.4 Å². The Bertz CT molecular complexity index is 750. The highest BCUT2D eigenvalue weighted by Crippen LogP contribution is 2.29. The molecule has 0 saturated heterocycles. The van der Waals surface area contributed by atoms with Crippen LogP contribution in [0.1, 0.15) is 31.5 Å². The molecule has 2 rings (SSSR count). The van der Waals surface area contributed by atoms with Gasteiger partial charge in [-0.2, -0.15) is 0 Å². The summed E-state index contributed by atoms with van der Waals surface area (Å²) >= 11 is 1.46. The highest BCUT2D eigenvalue weighted by molar-refractivity contribution is 7.09.